The van der Waals surface area contributed by atoms with E-state index in [4.69, 9.17) is 5.73 Å². The molecule has 0 spiro atoms. The third-order valence-electron chi connectivity index (χ3n) is 2.21. The highest BCUT2D eigenvalue weighted by Crippen LogP contribution is 2.25. The Morgan fingerprint density at radius 2 is 2.07 bits per heavy atom. The first-order valence-corrected chi connectivity index (χ1v) is 6.14. The minimum absolute atomic E-state index is 0.187. The molecule has 0 aliphatic rings. The van der Waals surface area contributed by atoms with Crippen LogP contribution in [0, 0.1) is 5.82 Å². The molecule has 4 heteroatoms. The van der Waals surface area contributed by atoms with E-state index in [1.807, 2.05) is 16.8 Å². The minimum Gasteiger partial charge on any atom is -0.320 e. The summed E-state index contributed by atoms with van der Waals surface area (Å²) in [6.45, 7) is 0. The van der Waals surface area contributed by atoms with Crippen molar-refractivity contribution in [3.63, 3.8) is 0 Å². The fourth-order valence-corrected chi connectivity index (χ4v) is 2.44. The van der Waals surface area contributed by atoms with E-state index in [-0.39, 0.29) is 11.9 Å². The lowest BCUT2D eigenvalue weighted by Crippen LogP contribution is -2.10. The van der Waals surface area contributed by atoms with Crippen LogP contribution in [0.15, 0.2) is 39.5 Å². The predicted octanol–water partition coefficient (Wildman–Crippen LogP) is 3.70. The Morgan fingerprint density at radius 1 is 1.27 bits per heavy atom. The Hall–Kier alpha value is -0.710. The second kappa shape index (κ2) is 4.43. The molecule has 2 rings (SSSR count). The number of hydrogen-bond donors (Lipinski definition) is 1. The Kier molecular flexibility index (Phi) is 3.19. The largest absolute Gasteiger partial charge is 0.320 e. The lowest BCUT2D eigenvalue weighted by molar-refractivity contribution is 0.619. The molecule has 15 heavy (non-hydrogen) atoms. The molecule has 0 bridgehead atoms. The van der Waals surface area contributed by atoms with Crippen molar-refractivity contribution in [2.45, 2.75) is 6.04 Å². The maximum Gasteiger partial charge on any atom is 0.137 e. The van der Waals surface area contributed by atoms with Crippen molar-refractivity contribution in [1.82, 2.24) is 0 Å². The molecule has 0 saturated heterocycles. The smallest absolute Gasteiger partial charge is 0.137 e. The molecule has 0 unspecified atom stereocenters. The zero-order chi connectivity index (χ0) is 10.8. The maximum absolute atomic E-state index is 13.0. The summed E-state index contributed by atoms with van der Waals surface area (Å²) in [5.74, 6) is -0.267. The quantitative estimate of drug-likeness (QED) is 0.895. The van der Waals surface area contributed by atoms with Crippen LogP contribution < -0.4 is 5.73 Å². The Balaban J connectivity index is 2.34. The van der Waals surface area contributed by atoms with Gasteiger partial charge in [-0.05, 0) is 56.0 Å². The van der Waals surface area contributed by atoms with Crippen LogP contribution in [0.5, 0.6) is 0 Å². The van der Waals surface area contributed by atoms with Crippen LogP contribution in [0.25, 0.3) is 0 Å². The summed E-state index contributed by atoms with van der Waals surface area (Å²) in [4.78, 5) is 0. The van der Waals surface area contributed by atoms with E-state index in [9.17, 15) is 4.39 Å². The molecule has 2 N–H and O–H groups in total. The molecular formula is C11H9BrFNS. The molecular weight excluding hydrogens is 277 g/mol. The van der Waals surface area contributed by atoms with Gasteiger partial charge in [-0.3, -0.25) is 0 Å². The molecule has 0 aliphatic heterocycles. The lowest BCUT2D eigenvalue weighted by Gasteiger charge is -2.10. The molecule has 1 atom stereocenters. The highest BCUT2D eigenvalue weighted by Gasteiger charge is 2.10. The summed E-state index contributed by atoms with van der Waals surface area (Å²) in [5.41, 5.74) is 8.00. The van der Waals surface area contributed by atoms with Crippen LogP contribution in [0.3, 0.4) is 0 Å². The monoisotopic (exact) mass is 285 g/mol. The number of rotatable bonds is 2. The third-order valence-corrected chi connectivity index (χ3v) is 3.51. The number of hydrogen-bond acceptors (Lipinski definition) is 2. The Bertz CT molecular complexity index is 456. The van der Waals surface area contributed by atoms with Crippen LogP contribution in [0.1, 0.15) is 17.2 Å². The number of thiophene rings is 1. The van der Waals surface area contributed by atoms with Crippen molar-refractivity contribution in [3.8, 4) is 0 Å². The van der Waals surface area contributed by atoms with Crippen molar-refractivity contribution in [3.05, 3.63) is 56.4 Å². The van der Waals surface area contributed by atoms with Crippen LogP contribution in [-0.4, -0.2) is 0 Å². The van der Waals surface area contributed by atoms with Crippen molar-refractivity contribution >= 4 is 27.3 Å². The molecule has 0 radical (unpaired) electrons. The normalized spacial score (nSPS) is 12.7. The van der Waals surface area contributed by atoms with Crippen molar-refractivity contribution in [2.24, 2.45) is 5.73 Å². The van der Waals surface area contributed by atoms with E-state index >= 15 is 0 Å². The summed E-state index contributed by atoms with van der Waals surface area (Å²) in [6.07, 6.45) is 0. The molecule has 1 nitrogen and oxygen atoms in total. The van der Waals surface area contributed by atoms with Gasteiger partial charge in [-0.25, -0.2) is 4.39 Å². The van der Waals surface area contributed by atoms with Gasteiger partial charge in [-0.1, -0.05) is 6.07 Å². The van der Waals surface area contributed by atoms with E-state index in [1.165, 1.54) is 6.07 Å². The average molecular weight is 286 g/mol. The zero-order valence-corrected chi connectivity index (χ0v) is 10.2. The molecule has 2 aromatic rings. The van der Waals surface area contributed by atoms with Gasteiger partial charge in [0.1, 0.15) is 5.82 Å². The molecule has 1 aromatic carbocycles. The lowest BCUT2D eigenvalue weighted by atomic mass is 10.0. The topological polar surface area (TPSA) is 26.0 Å². The second-order valence-electron chi connectivity index (χ2n) is 3.21. The van der Waals surface area contributed by atoms with Gasteiger partial charge in [-0.15, -0.1) is 0 Å². The van der Waals surface area contributed by atoms with Gasteiger partial charge in [0.15, 0.2) is 0 Å². The zero-order valence-electron chi connectivity index (χ0n) is 7.78. The first-order chi connectivity index (χ1) is 7.18. The van der Waals surface area contributed by atoms with Crippen molar-refractivity contribution in [2.75, 3.05) is 0 Å². The molecule has 0 aliphatic carbocycles. The van der Waals surface area contributed by atoms with Crippen LogP contribution >= 0.6 is 27.3 Å². The fraction of sp³-hybridized carbons (Fsp3) is 0.0909. The first-order valence-electron chi connectivity index (χ1n) is 4.41. The first kappa shape index (κ1) is 10.8. The minimum atomic E-state index is -0.267. The van der Waals surface area contributed by atoms with Crippen molar-refractivity contribution in [1.29, 1.82) is 0 Å². The van der Waals surface area contributed by atoms with Gasteiger partial charge in [0.05, 0.1) is 10.5 Å². The van der Waals surface area contributed by atoms with Crippen LogP contribution in [0.4, 0.5) is 4.39 Å². The van der Waals surface area contributed by atoms with Gasteiger partial charge < -0.3 is 5.73 Å². The van der Waals surface area contributed by atoms with Crippen LogP contribution in [0.2, 0.25) is 0 Å². The Labute approximate surface area is 99.9 Å². The van der Waals surface area contributed by atoms with Gasteiger partial charge >= 0.3 is 0 Å². The van der Waals surface area contributed by atoms with E-state index in [0.29, 0.717) is 4.47 Å². The van der Waals surface area contributed by atoms with E-state index in [1.54, 1.807) is 23.5 Å². The maximum atomic E-state index is 13.0. The van der Waals surface area contributed by atoms with E-state index in [0.717, 1.165) is 11.1 Å². The molecule has 0 fully saturated rings. The van der Waals surface area contributed by atoms with Crippen LogP contribution in [-0.2, 0) is 0 Å². The summed E-state index contributed by atoms with van der Waals surface area (Å²) >= 11 is 4.75. The van der Waals surface area contributed by atoms with Crippen molar-refractivity contribution < 1.29 is 4.39 Å². The SMILES string of the molecule is N[C@H](c1ccsc1)c1ccc(F)c(Br)c1. The molecule has 0 saturated carbocycles. The van der Waals surface area contributed by atoms with Gasteiger partial charge in [0, 0.05) is 0 Å². The summed E-state index contributed by atoms with van der Waals surface area (Å²) < 4.78 is 13.5. The highest BCUT2D eigenvalue weighted by molar-refractivity contribution is 9.10. The predicted molar refractivity (Wildman–Crippen MR) is 64.4 cm³/mol. The van der Waals surface area contributed by atoms with Gasteiger partial charge in [0.2, 0.25) is 0 Å². The third kappa shape index (κ3) is 2.27. The number of nitrogens with two attached hydrogens (primary N) is 1. The van der Waals surface area contributed by atoms with Gasteiger partial charge in [-0.2, -0.15) is 11.3 Å². The average Bonchev–Trinajstić information content (AvgIpc) is 2.74. The molecule has 1 heterocycles. The number of halogens is 2. The highest BCUT2D eigenvalue weighted by atomic mass is 79.9. The number of benzene rings is 1. The fourth-order valence-electron chi connectivity index (χ4n) is 1.35. The van der Waals surface area contributed by atoms with E-state index in [2.05, 4.69) is 15.9 Å². The van der Waals surface area contributed by atoms with Gasteiger partial charge in [0.25, 0.3) is 0 Å². The summed E-state index contributed by atoms with van der Waals surface area (Å²) in [7, 11) is 0. The summed E-state index contributed by atoms with van der Waals surface area (Å²) in [6, 6.07) is 6.64. The molecule has 1 aromatic heterocycles. The Morgan fingerprint density at radius 3 is 2.67 bits per heavy atom. The molecule has 0 amide bonds. The molecule has 78 valence electrons. The van der Waals surface area contributed by atoms with E-state index < -0.39 is 0 Å². The second-order valence-corrected chi connectivity index (χ2v) is 4.84. The summed E-state index contributed by atoms with van der Waals surface area (Å²) in [5, 5.41) is 3.98. The standard InChI is InChI=1S/C11H9BrFNS/c12-9-5-7(1-2-10(9)13)11(14)8-3-4-15-6-8/h1-6,11H,14H2/t11-/m0/s1.